The number of benzene rings is 1. The number of piperidine rings is 3. The molecular formula is C22H26N4O4. The van der Waals surface area contributed by atoms with E-state index in [0.29, 0.717) is 23.7 Å². The Hall–Kier alpha value is -2.58. The Morgan fingerprint density at radius 1 is 1.07 bits per heavy atom. The summed E-state index contributed by atoms with van der Waals surface area (Å²) in [6.45, 7) is 2.39. The monoisotopic (exact) mass is 410 g/mol. The highest BCUT2D eigenvalue weighted by molar-refractivity contribution is 6.24. The van der Waals surface area contributed by atoms with Gasteiger partial charge in [0.2, 0.25) is 11.8 Å². The molecule has 4 fully saturated rings. The lowest BCUT2D eigenvalue weighted by Crippen LogP contribution is -2.55. The second-order valence-corrected chi connectivity index (χ2v) is 9.05. The van der Waals surface area contributed by atoms with Gasteiger partial charge in [0.25, 0.3) is 11.8 Å². The van der Waals surface area contributed by atoms with Crippen molar-refractivity contribution in [3.63, 3.8) is 0 Å². The third kappa shape index (κ3) is 3.15. The molecule has 0 spiro atoms. The zero-order valence-electron chi connectivity index (χ0n) is 16.8. The Kier molecular flexibility index (Phi) is 4.71. The van der Waals surface area contributed by atoms with Crippen LogP contribution in [-0.4, -0.2) is 53.7 Å². The topological polar surface area (TPSA) is 108 Å². The predicted octanol–water partition coefficient (Wildman–Crippen LogP) is 0.710. The third-order valence-electron chi connectivity index (χ3n) is 7.18. The molecule has 2 bridgehead atoms. The summed E-state index contributed by atoms with van der Waals surface area (Å²) in [7, 11) is 0. The van der Waals surface area contributed by atoms with E-state index in [1.807, 2.05) is 6.07 Å². The Morgan fingerprint density at radius 2 is 1.87 bits per heavy atom. The first-order valence-electron chi connectivity index (χ1n) is 10.8. The molecule has 5 aliphatic rings. The summed E-state index contributed by atoms with van der Waals surface area (Å²) in [5.41, 5.74) is 1.75. The number of amides is 4. The maximum atomic E-state index is 13.1. The number of carbonyl (C=O) groups is 4. The van der Waals surface area contributed by atoms with Crippen molar-refractivity contribution in [3.05, 3.63) is 34.9 Å². The second kappa shape index (κ2) is 7.28. The minimum atomic E-state index is -0.932. The summed E-state index contributed by atoms with van der Waals surface area (Å²) in [6.07, 6.45) is 5.15. The van der Waals surface area contributed by atoms with E-state index in [1.165, 1.54) is 25.7 Å². The smallest absolute Gasteiger partial charge is 0.262 e. The number of hydrogen-bond acceptors (Lipinski definition) is 6. The van der Waals surface area contributed by atoms with Crippen LogP contribution in [0.2, 0.25) is 0 Å². The van der Waals surface area contributed by atoms with Crippen LogP contribution < -0.4 is 16.0 Å². The molecule has 1 aromatic carbocycles. The van der Waals surface area contributed by atoms with Crippen LogP contribution in [0.25, 0.3) is 0 Å². The first kappa shape index (κ1) is 19.4. The molecule has 0 radical (unpaired) electrons. The molecule has 0 aromatic heterocycles. The second-order valence-electron chi connectivity index (χ2n) is 9.05. The van der Waals surface area contributed by atoms with Gasteiger partial charge in [-0.25, -0.2) is 0 Å². The van der Waals surface area contributed by atoms with Crippen LogP contribution in [0.4, 0.5) is 0 Å². The zero-order valence-corrected chi connectivity index (χ0v) is 16.8. The lowest BCUT2D eigenvalue weighted by atomic mass is 9.68. The van der Waals surface area contributed by atoms with Gasteiger partial charge in [0, 0.05) is 32.1 Å². The van der Waals surface area contributed by atoms with Gasteiger partial charge in [0.1, 0.15) is 6.04 Å². The average Bonchev–Trinajstić information content (AvgIpc) is 3.01. The number of carbonyl (C=O) groups excluding carboxylic acids is 4. The van der Waals surface area contributed by atoms with Gasteiger partial charge in [0.15, 0.2) is 0 Å². The Balaban J connectivity index is 1.32. The van der Waals surface area contributed by atoms with Crippen LogP contribution in [0.3, 0.4) is 0 Å². The van der Waals surface area contributed by atoms with Crippen LogP contribution >= 0.6 is 0 Å². The first-order valence-corrected chi connectivity index (χ1v) is 10.8. The van der Waals surface area contributed by atoms with Gasteiger partial charge >= 0.3 is 0 Å². The number of rotatable bonds is 5. The van der Waals surface area contributed by atoms with E-state index >= 15 is 0 Å². The van der Waals surface area contributed by atoms with Crippen molar-refractivity contribution in [3.8, 4) is 0 Å². The van der Waals surface area contributed by atoms with E-state index in [1.54, 1.807) is 12.1 Å². The summed E-state index contributed by atoms with van der Waals surface area (Å²) in [4.78, 5) is 50.8. The zero-order chi connectivity index (χ0) is 20.9. The molecule has 4 aliphatic heterocycles. The van der Waals surface area contributed by atoms with E-state index < -0.39 is 23.8 Å². The molecule has 4 heterocycles. The van der Waals surface area contributed by atoms with Gasteiger partial charge in [-0.3, -0.25) is 29.4 Å². The lowest BCUT2D eigenvalue weighted by Gasteiger charge is -2.47. The van der Waals surface area contributed by atoms with E-state index in [0.717, 1.165) is 23.6 Å². The van der Waals surface area contributed by atoms with Crippen molar-refractivity contribution in [2.24, 2.45) is 5.41 Å². The molecule has 1 unspecified atom stereocenters. The standard InChI is InChI=1S/C22H26N4O4/c27-17-5-4-16(19(28)25-17)26-20(29)15-3-1-2-13(18(15)21(26)30)10-23-11-22-8-6-14(7-9-22)24-12-22/h1-3,14,16,23-24H,4-12H2,(H,25,27,28). The Labute approximate surface area is 174 Å². The molecule has 158 valence electrons. The maximum absolute atomic E-state index is 13.1. The highest BCUT2D eigenvalue weighted by Crippen LogP contribution is 2.39. The van der Waals surface area contributed by atoms with Crippen molar-refractivity contribution >= 4 is 23.6 Å². The summed E-state index contributed by atoms with van der Waals surface area (Å²) in [5, 5.41) is 9.35. The van der Waals surface area contributed by atoms with Gasteiger partial charge in [-0.2, -0.15) is 0 Å². The fourth-order valence-electron chi connectivity index (χ4n) is 5.41. The molecule has 4 amide bonds. The summed E-state index contributed by atoms with van der Waals surface area (Å²) < 4.78 is 0. The molecule has 8 nitrogen and oxygen atoms in total. The first-order chi connectivity index (χ1) is 14.5. The van der Waals surface area contributed by atoms with E-state index in [9.17, 15) is 19.2 Å². The molecule has 1 aliphatic carbocycles. The molecule has 3 N–H and O–H groups in total. The van der Waals surface area contributed by atoms with Crippen molar-refractivity contribution in [2.75, 3.05) is 13.1 Å². The van der Waals surface area contributed by atoms with Crippen LogP contribution in [0, 0.1) is 5.41 Å². The molecule has 1 aromatic rings. The fourth-order valence-corrected chi connectivity index (χ4v) is 5.41. The van der Waals surface area contributed by atoms with Gasteiger partial charge in [-0.1, -0.05) is 12.1 Å². The van der Waals surface area contributed by atoms with Crippen molar-refractivity contribution in [1.29, 1.82) is 0 Å². The van der Waals surface area contributed by atoms with Crippen molar-refractivity contribution in [2.45, 2.75) is 57.2 Å². The molecule has 1 atom stereocenters. The quantitative estimate of drug-likeness (QED) is 0.617. The van der Waals surface area contributed by atoms with Gasteiger partial charge in [0.05, 0.1) is 11.1 Å². The number of hydrogen-bond donors (Lipinski definition) is 3. The minimum Gasteiger partial charge on any atom is -0.313 e. The normalized spacial score (nSPS) is 30.6. The van der Waals surface area contributed by atoms with Crippen LogP contribution in [0.15, 0.2) is 18.2 Å². The van der Waals surface area contributed by atoms with Crippen LogP contribution in [-0.2, 0) is 16.1 Å². The van der Waals surface area contributed by atoms with Gasteiger partial charge < -0.3 is 10.6 Å². The molecule has 6 rings (SSSR count). The Bertz CT molecular complexity index is 921. The largest absolute Gasteiger partial charge is 0.313 e. The number of nitrogens with zero attached hydrogens (tertiary/aromatic N) is 1. The van der Waals surface area contributed by atoms with Crippen molar-refractivity contribution in [1.82, 2.24) is 20.9 Å². The SMILES string of the molecule is O=C1CCC(N2C(=O)c3cccc(CNCC45CCC(CC4)NC5)c3C2=O)C(=O)N1. The van der Waals surface area contributed by atoms with E-state index in [-0.39, 0.29) is 24.2 Å². The fraction of sp³-hybridized carbons (Fsp3) is 0.545. The van der Waals surface area contributed by atoms with Gasteiger partial charge in [-0.05, 0) is 49.1 Å². The number of imide groups is 2. The molecule has 30 heavy (non-hydrogen) atoms. The van der Waals surface area contributed by atoms with Crippen LogP contribution in [0.1, 0.15) is 64.8 Å². The lowest BCUT2D eigenvalue weighted by molar-refractivity contribution is -0.136. The minimum absolute atomic E-state index is 0.120. The number of fused-ring (bicyclic) bond motifs is 4. The van der Waals surface area contributed by atoms with E-state index in [2.05, 4.69) is 16.0 Å². The molecule has 3 saturated heterocycles. The maximum Gasteiger partial charge on any atom is 0.262 e. The summed E-state index contributed by atoms with van der Waals surface area (Å²) in [6, 6.07) is 5.01. The van der Waals surface area contributed by atoms with Crippen LogP contribution in [0.5, 0.6) is 0 Å². The van der Waals surface area contributed by atoms with E-state index in [4.69, 9.17) is 0 Å². The van der Waals surface area contributed by atoms with Gasteiger partial charge in [-0.15, -0.1) is 0 Å². The molecular weight excluding hydrogens is 384 g/mol. The highest BCUT2D eigenvalue weighted by atomic mass is 16.2. The summed E-state index contributed by atoms with van der Waals surface area (Å²) in [5.74, 6) is -1.86. The predicted molar refractivity (Wildman–Crippen MR) is 108 cm³/mol. The Morgan fingerprint density at radius 3 is 2.57 bits per heavy atom. The average molecular weight is 410 g/mol. The highest BCUT2D eigenvalue weighted by Gasteiger charge is 2.45. The number of nitrogens with one attached hydrogen (secondary N) is 3. The summed E-state index contributed by atoms with van der Waals surface area (Å²) >= 11 is 0. The molecule has 8 heteroatoms. The third-order valence-corrected chi connectivity index (χ3v) is 7.18. The molecule has 1 saturated carbocycles. The van der Waals surface area contributed by atoms with Crippen molar-refractivity contribution < 1.29 is 19.2 Å².